The second-order valence-electron chi connectivity index (χ2n) is 5.73. The molecule has 1 heterocycles. The third-order valence-corrected chi connectivity index (χ3v) is 3.71. The van der Waals surface area contributed by atoms with Crippen LogP contribution in [0.25, 0.3) is 6.08 Å². The maximum absolute atomic E-state index is 12.4. The highest BCUT2D eigenvalue weighted by Gasteiger charge is 2.28. The Labute approximate surface area is 144 Å². The van der Waals surface area contributed by atoms with Gasteiger partial charge in [0.25, 0.3) is 0 Å². The van der Waals surface area contributed by atoms with Crippen LogP contribution in [0.2, 0.25) is 5.02 Å². The Morgan fingerprint density at radius 3 is 2.71 bits per heavy atom. The predicted octanol–water partition coefficient (Wildman–Crippen LogP) is 4.52. The van der Waals surface area contributed by atoms with Crippen molar-refractivity contribution in [2.24, 2.45) is 5.92 Å². The zero-order valence-electron chi connectivity index (χ0n) is 13.2. The molecule has 1 aliphatic heterocycles. The van der Waals surface area contributed by atoms with Gasteiger partial charge in [-0.3, -0.25) is 9.59 Å². The van der Waals surface area contributed by atoms with Crippen molar-refractivity contribution in [3.8, 4) is 11.5 Å². The molecule has 0 amide bonds. The van der Waals surface area contributed by atoms with E-state index in [0.717, 1.165) is 5.56 Å². The molecule has 1 aliphatic rings. The topological polar surface area (TPSA) is 52.6 Å². The number of fused-ring (bicyclic) bond motifs is 1. The normalized spacial score (nSPS) is 14.7. The molecule has 0 spiro atoms. The third kappa shape index (κ3) is 3.34. The average Bonchev–Trinajstić information content (AvgIpc) is 2.83. The number of hydrogen-bond donors (Lipinski definition) is 0. The lowest BCUT2D eigenvalue weighted by Crippen LogP contribution is -2.14. The van der Waals surface area contributed by atoms with Crippen molar-refractivity contribution in [3.63, 3.8) is 0 Å². The van der Waals surface area contributed by atoms with Crippen LogP contribution in [-0.4, -0.2) is 11.8 Å². The second-order valence-corrected chi connectivity index (χ2v) is 6.16. The summed E-state index contributed by atoms with van der Waals surface area (Å²) in [6, 6.07) is 11.8. The van der Waals surface area contributed by atoms with Crippen LogP contribution in [-0.2, 0) is 4.79 Å². The Kier molecular flexibility index (Phi) is 4.40. The summed E-state index contributed by atoms with van der Waals surface area (Å²) >= 11 is 5.95. The Morgan fingerprint density at radius 2 is 2.00 bits per heavy atom. The van der Waals surface area contributed by atoms with E-state index in [1.807, 2.05) is 6.07 Å². The third-order valence-electron chi connectivity index (χ3n) is 3.48. The number of carbonyl (C=O) groups excluding carboxylic acids is 2. The Bertz CT molecular complexity index is 852. The van der Waals surface area contributed by atoms with Crippen LogP contribution in [0.4, 0.5) is 0 Å². The maximum atomic E-state index is 12.4. The van der Waals surface area contributed by atoms with Crippen molar-refractivity contribution < 1.29 is 19.1 Å². The van der Waals surface area contributed by atoms with Crippen LogP contribution in [0.15, 0.2) is 48.2 Å². The first-order valence-corrected chi connectivity index (χ1v) is 7.87. The number of ether oxygens (including phenoxy) is 2. The highest BCUT2D eigenvalue weighted by molar-refractivity contribution is 6.30. The quantitative estimate of drug-likeness (QED) is 0.467. The predicted molar refractivity (Wildman–Crippen MR) is 91.3 cm³/mol. The van der Waals surface area contributed by atoms with E-state index in [4.69, 9.17) is 21.1 Å². The van der Waals surface area contributed by atoms with Crippen LogP contribution in [0.3, 0.4) is 0 Å². The van der Waals surface area contributed by atoms with Gasteiger partial charge in [-0.2, -0.15) is 0 Å². The number of allylic oxidation sites excluding steroid dienone is 1. The smallest absolute Gasteiger partial charge is 0.313 e. The number of benzene rings is 2. The number of esters is 1. The average molecular weight is 343 g/mol. The van der Waals surface area contributed by atoms with E-state index in [1.54, 1.807) is 56.3 Å². The van der Waals surface area contributed by atoms with Gasteiger partial charge in [-0.1, -0.05) is 37.6 Å². The first-order chi connectivity index (χ1) is 11.4. The van der Waals surface area contributed by atoms with Gasteiger partial charge in [0.15, 0.2) is 5.76 Å². The van der Waals surface area contributed by atoms with Crippen molar-refractivity contribution in [1.82, 2.24) is 0 Å². The molecule has 2 aromatic carbocycles. The fourth-order valence-corrected chi connectivity index (χ4v) is 2.41. The molecule has 0 radical (unpaired) electrons. The Morgan fingerprint density at radius 1 is 1.21 bits per heavy atom. The van der Waals surface area contributed by atoms with Gasteiger partial charge in [0.05, 0.1) is 11.5 Å². The van der Waals surface area contributed by atoms with Crippen LogP contribution < -0.4 is 9.47 Å². The molecule has 0 atom stereocenters. The van der Waals surface area contributed by atoms with Gasteiger partial charge in [0, 0.05) is 11.1 Å². The molecule has 0 saturated carbocycles. The van der Waals surface area contributed by atoms with Crippen molar-refractivity contribution in [3.05, 3.63) is 64.4 Å². The summed E-state index contributed by atoms with van der Waals surface area (Å²) in [7, 11) is 0. The zero-order chi connectivity index (χ0) is 17.3. The van der Waals surface area contributed by atoms with Crippen LogP contribution >= 0.6 is 11.6 Å². The van der Waals surface area contributed by atoms with E-state index < -0.39 is 0 Å². The monoisotopic (exact) mass is 342 g/mol. The number of carbonyl (C=O) groups is 2. The van der Waals surface area contributed by atoms with Crippen molar-refractivity contribution in [2.75, 3.05) is 0 Å². The van der Waals surface area contributed by atoms with E-state index in [-0.39, 0.29) is 23.4 Å². The summed E-state index contributed by atoms with van der Waals surface area (Å²) in [6.45, 7) is 3.50. The van der Waals surface area contributed by atoms with Gasteiger partial charge in [0.2, 0.25) is 5.78 Å². The molecule has 4 nitrogen and oxygen atoms in total. The summed E-state index contributed by atoms with van der Waals surface area (Å²) < 4.78 is 10.9. The molecule has 2 aromatic rings. The van der Waals surface area contributed by atoms with E-state index >= 15 is 0 Å². The van der Waals surface area contributed by atoms with Crippen molar-refractivity contribution >= 4 is 29.4 Å². The minimum absolute atomic E-state index is 0.208. The lowest BCUT2D eigenvalue weighted by atomic mass is 10.1. The second kappa shape index (κ2) is 6.49. The van der Waals surface area contributed by atoms with E-state index in [1.165, 1.54) is 0 Å². The molecular weight excluding hydrogens is 328 g/mol. The maximum Gasteiger partial charge on any atom is 0.313 e. The first kappa shape index (κ1) is 16.3. The fraction of sp³-hybridized carbons (Fsp3) is 0.158. The largest absolute Gasteiger partial charge is 0.452 e. The fourth-order valence-electron chi connectivity index (χ4n) is 2.21. The summed E-state index contributed by atoms with van der Waals surface area (Å²) in [5, 5.41) is 0.579. The van der Waals surface area contributed by atoms with E-state index in [0.29, 0.717) is 22.1 Å². The van der Waals surface area contributed by atoms with Crippen LogP contribution in [0, 0.1) is 5.92 Å². The summed E-state index contributed by atoms with van der Waals surface area (Å²) in [4.78, 5) is 24.1. The molecule has 0 unspecified atom stereocenters. The van der Waals surface area contributed by atoms with Crippen LogP contribution in [0.5, 0.6) is 11.5 Å². The van der Waals surface area contributed by atoms with Crippen molar-refractivity contribution in [1.29, 1.82) is 0 Å². The van der Waals surface area contributed by atoms with E-state index in [2.05, 4.69) is 0 Å². The summed E-state index contributed by atoms with van der Waals surface area (Å²) in [5.74, 6) is 0.144. The molecule has 5 heteroatoms. The molecule has 0 bridgehead atoms. The molecule has 0 N–H and O–H groups in total. The number of halogens is 1. The SMILES string of the molecule is CC(C)C(=O)Oc1ccc2c(c1)O/C(=C\c1cccc(Cl)c1)C2=O. The summed E-state index contributed by atoms with van der Waals surface area (Å²) in [5.41, 5.74) is 1.21. The Hall–Kier alpha value is -2.59. The minimum atomic E-state index is -0.339. The number of Topliss-reactive ketones (excluding diaryl/α,β-unsaturated/α-hetero) is 1. The standard InChI is InChI=1S/C19H15ClO4/c1-11(2)19(22)23-14-6-7-15-16(10-14)24-17(18(15)21)9-12-4-3-5-13(20)8-12/h3-11H,1-2H3/b17-9-. The molecule has 3 rings (SSSR count). The number of ketones is 1. The molecule has 0 aromatic heterocycles. The molecule has 0 aliphatic carbocycles. The molecule has 24 heavy (non-hydrogen) atoms. The number of hydrogen-bond acceptors (Lipinski definition) is 4. The highest BCUT2D eigenvalue weighted by atomic mass is 35.5. The van der Waals surface area contributed by atoms with Gasteiger partial charge in [-0.15, -0.1) is 0 Å². The van der Waals surface area contributed by atoms with Crippen LogP contribution in [0.1, 0.15) is 29.8 Å². The van der Waals surface area contributed by atoms with Gasteiger partial charge < -0.3 is 9.47 Å². The minimum Gasteiger partial charge on any atom is -0.452 e. The first-order valence-electron chi connectivity index (χ1n) is 7.49. The molecule has 0 saturated heterocycles. The van der Waals surface area contributed by atoms with Gasteiger partial charge in [-0.25, -0.2) is 0 Å². The molecular formula is C19H15ClO4. The van der Waals surface area contributed by atoms with Gasteiger partial charge in [0.1, 0.15) is 11.5 Å². The lowest BCUT2D eigenvalue weighted by molar-refractivity contribution is -0.137. The van der Waals surface area contributed by atoms with Gasteiger partial charge >= 0.3 is 5.97 Å². The van der Waals surface area contributed by atoms with Gasteiger partial charge in [-0.05, 0) is 35.9 Å². The highest BCUT2D eigenvalue weighted by Crippen LogP contribution is 2.35. The molecule has 122 valence electrons. The zero-order valence-corrected chi connectivity index (χ0v) is 14.0. The Balaban J connectivity index is 1.86. The number of rotatable bonds is 3. The summed E-state index contributed by atoms with van der Waals surface area (Å²) in [6.07, 6.45) is 1.63. The van der Waals surface area contributed by atoms with Crippen molar-refractivity contribution in [2.45, 2.75) is 13.8 Å². The molecule has 0 fully saturated rings. The lowest BCUT2D eigenvalue weighted by Gasteiger charge is -2.07. The van der Waals surface area contributed by atoms with E-state index in [9.17, 15) is 9.59 Å².